The summed E-state index contributed by atoms with van der Waals surface area (Å²) in [6.45, 7) is 9.80. The average molecular weight is 564 g/mol. The Balaban J connectivity index is 1.86. The summed E-state index contributed by atoms with van der Waals surface area (Å²) in [6, 6.07) is 14.3. The van der Waals surface area contributed by atoms with Crippen molar-refractivity contribution in [2.45, 2.75) is 82.2 Å². The molecule has 1 saturated carbocycles. The predicted molar refractivity (Wildman–Crippen MR) is 151 cm³/mol. The summed E-state index contributed by atoms with van der Waals surface area (Å²) >= 11 is 12.7. The molecule has 1 aliphatic carbocycles. The first-order valence-corrected chi connectivity index (χ1v) is 15.3. The van der Waals surface area contributed by atoms with E-state index in [1.807, 2.05) is 68.1 Å². The molecular formula is C29H36Cl2N2O3S. The number of halogens is 2. The summed E-state index contributed by atoms with van der Waals surface area (Å²) in [6.07, 6.45) is 4.89. The van der Waals surface area contributed by atoms with Gasteiger partial charge in [0.15, 0.2) is 0 Å². The molecular weight excluding hydrogens is 527 g/mol. The highest BCUT2D eigenvalue weighted by Gasteiger charge is 2.52. The van der Waals surface area contributed by atoms with E-state index in [2.05, 4.69) is 17.4 Å². The molecule has 200 valence electrons. The monoisotopic (exact) mass is 562 g/mol. The molecule has 8 heteroatoms. The Morgan fingerprint density at radius 3 is 2.38 bits per heavy atom. The number of amides is 1. The van der Waals surface area contributed by atoms with Gasteiger partial charge in [-0.2, -0.15) is 0 Å². The van der Waals surface area contributed by atoms with Gasteiger partial charge in [-0.25, -0.2) is 13.1 Å². The second-order valence-corrected chi connectivity index (χ2v) is 13.6. The standard InChI is InChI=1S/C29H36Cl2N2O3S/c1-5-16-29(4)18-25(21-8-7-9-23(31)17-21)27(20-10-12-22(30)13-11-20)33(28(29)34)26(6-2)19(3)32-37(35,36)24-14-15-24/h5,7-13,17,19,24-27,32H,1,6,14-16,18H2,2-4H3/t19-,25?,26+,27?,29+/m1/s1. The lowest BCUT2D eigenvalue weighted by molar-refractivity contribution is -0.155. The Bertz CT molecular complexity index is 1250. The van der Waals surface area contributed by atoms with Crippen molar-refractivity contribution in [1.82, 2.24) is 9.62 Å². The predicted octanol–water partition coefficient (Wildman–Crippen LogP) is 6.88. The average Bonchev–Trinajstić information content (AvgIpc) is 3.69. The molecule has 1 amide bonds. The number of piperidine rings is 1. The lowest BCUT2D eigenvalue weighted by Gasteiger charge is -2.53. The van der Waals surface area contributed by atoms with Crippen molar-refractivity contribution in [3.63, 3.8) is 0 Å². The zero-order chi connectivity index (χ0) is 27.0. The van der Waals surface area contributed by atoms with Crippen LogP contribution in [0.4, 0.5) is 0 Å². The van der Waals surface area contributed by atoms with Gasteiger partial charge in [0.1, 0.15) is 0 Å². The van der Waals surface area contributed by atoms with Crippen molar-refractivity contribution in [3.8, 4) is 0 Å². The number of hydrogen-bond acceptors (Lipinski definition) is 3. The van der Waals surface area contributed by atoms with Crippen LogP contribution < -0.4 is 4.72 Å². The quantitative estimate of drug-likeness (QED) is 0.321. The SMILES string of the molecule is C=CC[C@@]1(C)CC(c2cccc(Cl)c2)C(c2ccc(Cl)cc2)N([C@@H](CC)[C@@H](C)NS(=O)(=O)C2CC2)C1=O. The van der Waals surface area contributed by atoms with Crippen molar-refractivity contribution >= 4 is 39.1 Å². The molecule has 2 aromatic rings. The summed E-state index contributed by atoms with van der Waals surface area (Å²) in [4.78, 5) is 16.3. The van der Waals surface area contributed by atoms with E-state index in [0.29, 0.717) is 42.1 Å². The van der Waals surface area contributed by atoms with Crippen molar-refractivity contribution in [3.05, 3.63) is 82.4 Å². The number of likely N-dealkylation sites (tertiary alicyclic amines) is 1. The normalized spacial score (nSPS) is 26.1. The first kappa shape index (κ1) is 28.2. The molecule has 4 rings (SSSR count). The van der Waals surface area contributed by atoms with Gasteiger partial charge in [0.05, 0.1) is 16.7 Å². The third-order valence-corrected chi connectivity index (χ3v) is 10.4. The summed E-state index contributed by atoms with van der Waals surface area (Å²) in [5.74, 6) is -0.0567. The zero-order valence-corrected chi connectivity index (χ0v) is 24.0. The first-order valence-electron chi connectivity index (χ1n) is 13.0. The molecule has 37 heavy (non-hydrogen) atoms. The number of nitrogens with zero attached hydrogens (tertiary/aromatic N) is 1. The second-order valence-electron chi connectivity index (χ2n) is 10.8. The van der Waals surface area contributed by atoms with Gasteiger partial charge in [-0.15, -0.1) is 6.58 Å². The summed E-state index contributed by atoms with van der Waals surface area (Å²) in [5, 5.41) is 0.923. The van der Waals surface area contributed by atoms with Crippen molar-refractivity contribution in [1.29, 1.82) is 0 Å². The molecule has 0 bridgehead atoms. The molecule has 1 N–H and O–H groups in total. The van der Waals surface area contributed by atoms with Gasteiger partial charge in [0.2, 0.25) is 15.9 Å². The van der Waals surface area contributed by atoms with Crippen molar-refractivity contribution in [2.24, 2.45) is 5.41 Å². The highest BCUT2D eigenvalue weighted by molar-refractivity contribution is 7.90. The molecule has 0 aromatic heterocycles. The molecule has 5 atom stereocenters. The van der Waals surface area contributed by atoms with Crippen LogP contribution in [0.5, 0.6) is 0 Å². The highest BCUT2D eigenvalue weighted by Crippen LogP contribution is 2.52. The van der Waals surface area contributed by atoms with Gasteiger partial charge in [-0.1, -0.05) is 67.4 Å². The minimum atomic E-state index is -3.43. The van der Waals surface area contributed by atoms with E-state index >= 15 is 0 Å². The molecule has 0 radical (unpaired) electrons. The maximum Gasteiger partial charge on any atom is 0.229 e. The fraction of sp³-hybridized carbons (Fsp3) is 0.483. The zero-order valence-electron chi connectivity index (χ0n) is 21.7. The lowest BCUT2D eigenvalue weighted by Crippen LogP contribution is -2.60. The van der Waals surface area contributed by atoms with E-state index < -0.39 is 21.5 Å². The fourth-order valence-corrected chi connectivity index (χ4v) is 7.81. The number of rotatable bonds is 10. The number of benzene rings is 2. The van der Waals surface area contributed by atoms with Crippen LogP contribution in [0.25, 0.3) is 0 Å². The van der Waals surface area contributed by atoms with Gasteiger partial charge in [0, 0.05) is 28.0 Å². The van der Waals surface area contributed by atoms with Crippen LogP contribution in [0.2, 0.25) is 10.0 Å². The molecule has 1 aliphatic heterocycles. The first-order chi connectivity index (χ1) is 17.5. The minimum Gasteiger partial charge on any atom is -0.330 e. The Hall–Kier alpha value is -1.86. The van der Waals surface area contributed by atoms with Gasteiger partial charge >= 0.3 is 0 Å². The largest absolute Gasteiger partial charge is 0.330 e. The van der Waals surface area contributed by atoms with E-state index in [0.717, 1.165) is 11.1 Å². The molecule has 5 nitrogen and oxygen atoms in total. The Morgan fingerprint density at radius 1 is 1.14 bits per heavy atom. The van der Waals surface area contributed by atoms with Gasteiger partial charge in [-0.3, -0.25) is 4.79 Å². The summed E-state index contributed by atoms with van der Waals surface area (Å²) < 4.78 is 28.7. The molecule has 1 saturated heterocycles. The number of hydrogen-bond donors (Lipinski definition) is 1. The highest BCUT2D eigenvalue weighted by atomic mass is 35.5. The van der Waals surface area contributed by atoms with Crippen molar-refractivity contribution in [2.75, 3.05) is 0 Å². The second kappa shape index (κ2) is 11.1. The maximum atomic E-state index is 14.4. The maximum absolute atomic E-state index is 14.4. The Labute approximate surface area is 231 Å². The number of carbonyl (C=O) groups is 1. The number of nitrogens with one attached hydrogen (secondary N) is 1. The van der Waals surface area contributed by atoms with E-state index in [1.165, 1.54) is 0 Å². The molecule has 2 aliphatic rings. The molecule has 1 heterocycles. The number of carbonyl (C=O) groups excluding carboxylic acids is 1. The van der Waals surface area contributed by atoms with Crippen LogP contribution in [0.15, 0.2) is 61.2 Å². The van der Waals surface area contributed by atoms with E-state index in [4.69, 9.17) is 23.2 Å². The Morgan fingerprint density at radius 2 is 1.81 bits per heavy atom. The van der Waals surface area contributed by atoms with E-state index in [9.17, 15) is 13.2 Å². The lowest BCUT2D eigenvalue weighted by atomic mass is 9.67. The summed E-state index contributed by atoms with van der Waals surface area (Å²) in [7, 11) is -3.43. The van der Waals surface area contributed by atoms with Crippen molar-refractivity contribution < 1.29 is 13.2 Å². The topological polar surface area (TPSA) is 66.5 Å². The molecule has 2 aromatic carbocycles. The smallest absolute Gasteiger partial charge is 0.229 e. The van der Waals surface area contributed by atoms with E-state index in [-0.39, 0.29) is 29.2 Å². The third-order valence-electron chi connectivity index (χ3n) is 7.85. The van der Waals surface area contributed by atoms with Gasteiger partial charge < -0.3 is 4.90 Å². The molecule has 2 unspecified atom stereocenters. The molecule has 0 spiro atoms. The van der Waals surface area contributed by atoms with Crippen LogP contribution in [0.3, 0.4) is 0 Å². The number of allylic oxidation sites excluding steroid dienone is 1. The Kier molecular flexibility index (Phi) is 8.44. The van der Waals surface area contributed by atoms with Crippen LogP contribution in [0.1, 0.15) is 76.0 Å². The number of sulfonamides is 1. The minimum absolute atomic E-state index is 0.00921. The summed E-state index contributed by atoms with van der Waals surface area (Å²) in [5.41, 5.74) is 1.31. The van der Waals surface area contributed by atoms with Gasteiger partial charge in [0.25, 0.3) is 0 Å². The van der Waals surface area contributed by atoms with Crippen LogP contribution in [-0.4, -0.2) is 36.6 Å². The third kappa shape index (κ3) is 5.93. The van der Waals surface area contributed by atoms with E-state index in [1.54, 1.807) is 6.08 Å². The fourth-order valence-electron chi connectivity index (χ4n) is 5.86. The van der Waals surface area contributed by atoms with Crippen LogP contribution in [0, 0.1) is 5.41 Å². The van der Waals surface area contributed by atoms with Crippen LogP contribution >= 0.6 is 23.2 Å². The van der Waals surface area contributed by atoms with Gasteiger partial charge in [-0.05, 0) is 74.4 Å². The van der Waals surface area contributed by atoms with Crippen LogP contribution in [-0.2, 0) is 14.8 Å². The molecule has 2 fully saturated rings.